The SMILES string of the molecule is FC(F)(CNCCCC1CC1)c1ccccc1. The molecule has 94 valence electrons. The lowest BCUT2D eigenvalue weighted by atomic mass is 10.1. The van der Waals surface area contributed by atoms with E-state index >= 15 is 0 Å². The lowest BCUT2D eigenvalue weighted by Gasteiger charge is -2.17. The van der Waals surface area contributed by atoms with Gasteiger partial charge in [0.2, 0.25) is 0 Å². The topological polar surface area (TPSA) is 12.0 Å². The van der Waals surface area contributed by atoms with Crippen molar-refractivity contribution in [1.29, 1.82) is 0 Å². The Morgan fingerprint density at radius 2 is 1.88 bits per heavy atom. The molecule has 1 aromatic carbocycles. The minimum absolute atomic E-state index is 0.0923. The second kappa shape index (κ2) is 5.58. The van der Waals surface area contributed by atoms with Crippen LogP contribution in [0.4, 0.5) is 8.78 Å². The molecule has 1 aromatic rings. The predicted molar refractivity (Wildman–Crippen MR) is 65.2 cm³/mol. The maximum atomic E-state index is 13.7. The number of benzene rings is 1. The molecule has 1 fully saturated rings. The van der Waals surface area contributed by atoms with Crippen LogP contribution in [0.3, 0.4) is 0 Å². The maximum Gasteiger partial charge on any atom is 0.285 e. The molecule has 0 amide bonds. The molecule has 0 saturated heterocycles. The van der Waals surface area contributed by atoms with Crippen molar-refractivity contribution in [3.63, 3.8) is 0 Å². The van der Waals surface area contributed by atoms with Gasteiger partial charge in [-0.25, -0.2) is 0 Å². The van der Waals surface area contributed by atoms with Crippen molar-refractivity contribution in [2.24, 2.45) is 5.92 Å². The first-order valence-electron chi connectivity index (χ1n) is 6.32. The zero-order valence-corrected chi connectivity index (χ0v) is 9.96. The quantitative estimate of drug-likeness (QED) is 0.717. The molecule has 3 heteroatoms. The molecule has 17 heavy (non-hydrogen) atoms. The minimum atomic E-state index is -2.76. The van der Waals surface area contributed by atoms with Crippen LogP contribution >= 0.6 is 0 Å². The van der Waals surface area contributed by atoms with Gasteiger partial charge in [-0.05, 0) is 25.3 Å². The molecule has 0 unspecified atom stereocenters. The maximum absolute atomic E-state index is 13.7. The van der Waals surface area contributed by atoms with E-state index < -0.39 is 5.92 Å². The molecule has 0 aromatic heterocycles. The zero-order chi connectivity index (χ0) is 12.1. The van der Waals surface area contributed by atoms with Gasteiger partial charge in [0.15, 0.2) is 0 Å². The number of hydrogen-bond acceptors (Lipinski definition) is 1. The first-order valence-corrected chi connectivity index (χ1v) is 6.32. The van der Waals surface area contributed by atoms with Gasteiger partial charge in [-0.2, -0.15) is 8.78 Å². The van der Waals surface area contributed by atoms with E-state index in [1.165, 1.54) is 31.4 Å². The summed E-state index contributed by atoms with van der Waals surface area (Å²) in [5.41, 5.74) is 0.0923. The highest BCUT2D eigenvalue weighted by Gasteiger charge is 2.30. The van der Waals surface area contributed by atoms with Gasteiger partial charge in [0.1, 0.15) is 0 Å². The van der Waals surface area contributed by atoms with E-state index in [1.54, 1.807) is 18.2 Å². The molecule has 0 radical (unpaired) electrons. The standard InChI is InChI=1S/C14H19F2N/c15-14(16,13-6-2-1-3-7-13)11-17-10-4-5-12-8-9-12/h1-3,6-7,12,17H,4-5,8-11H2. The molecule has 1 nitrogen and oxygen atoms in total. The summed E-state index contributed by atoms with van der Waals surface area (Å²) in [5, 5.41) is 2.86. The summed E-state index contributed by atoms with van der Waals surface area (Å²) in [6.07, 6.45) is 4.86. The molecule has 2 rings (SSSR count). The van der Waals surface area contributed by atoms with Gasteiger partial charge in [-0.3, -0.25) is 0 Å². The third-order valence-corrected chi connectivity index (χ3v) is 3.21. The molecule has 1 saturated carbocycles. The molecule has 1 aliphatic rings. The lowest BCUT2D eigenvalue weighted by molar-refractivity contribution is -0.00302. The third kappa shape index (κ3) is 4.08. The van der Waals surface area contributed by atoms with Crippen molar-refractivity contribution in [1.82, 2.24) is 5.32 Å². The van der Waals surface area contributed by atoms with Crippen LogP contribution in [0.25, 0.3) is 0 Å². The van der Waals surface area contributed by atoms with Crippen LogP contribution in [0.15, 0.2) is 30.3 Å². The number of nitrogens with one attached hydrogen (secondary N) is 1. The van der Waals surface area contributed by atoms with E-state index in [0.29, 0.717) is 6.54 Å². The van der Waals surface area contributed by atoms with Crippen molar-refractivity contribution in [3.05, 3.63) is 35.9 Å². The Bertz CT molecular complexity index is 333. The highest BCUT2D eigenvalue weighted by Crippen LogP contribution is 2.33. The largest absolute Gasteiger partial charge is 0.311 e. The third-order valence-electron chi connectivity index (χ3n) is 3.21. The summed E-state index contributed by atoms with van der Waals surface area (Å²) in [5.74, 6) is -1.88. The van der Waals surface area contributed by atoms with E-state index in [9.17, 15) is 8.78 Å². The fourth-order valence-corrected chi connectivity index (χ4v) is 1.95. The Balaban J connectivity index is 1.69. The molecule has 0 atom stereocenters. The van der Waals surface area contributed by atoms with Crippen molar-refractivity contribution in [3.8, 4) is 0 Å². The Hall–Kier alpha value is -0.960. The Kier molecular flexibility index (Phi) is 4.11. The Morgan fingerprint density at radius 1 is 1.18 bits per heavy atom. The number of hydrogen-bond donors (Lipinski definition) is 1. The second-order valence-electron chi connectivity index (χ2n) is 4.83. The fourth-order valence-electron chi connectivity index (χ4n) is 1.95. The average Bonchev–Trinajstić information content (AvgIpc) is 3.14. The summed E-state index contributed by atoms with van der Waals surface area (Å²) in [4.78, 5) is 0. The molecule has 1 aliphatic carbocycles. The smallest absolute Gasteiger partial charge is 0.285 e. The Labute approximate surface area is 101 Å². The molecular weight excluding hydrogens is 220 g/mol. The highest BCUT2D eigenvalue weighted by atomic mass is 19.3. The van der Waals surface area contributed by atoms with Gasteiger partial charge in [0.25, 0.3) is 5.92 Å². The second-order valence-corrected chi connectivity index (χ2v) is 4.83. The summed E-state index contributed by atoms with van der Waals surface area (Å²) >= 11 is 0. The lowest BCUT2D eigenvalue weighted by Crippen LogP contribution is -2.31. The summed E-state index contributed by atoms with van der Waals surface area (Å²) in [6, 6.07) is 8.01. The molecule has 0 bridgehead atoms. The van der Waals surface area contributed by atoms with Gasteiger partial charge >= 0.3 is 0 Å². The van der Waals surface area contributed by atoms with Gasteiger partial charge in [-0.15, -0.1) is 0 Å². The van der Waals surface area contributed by atoms with Crippen molar-refractivity contribution >= 4 is 0 Å². The number of alkyl halides is 2. The summed E-state index contributed by atoms with van der Waals surface area (Å²) in [7, 11) is 0. The first-order chi connectivity index (χ1) is 8.18. The minimum Gasteiger partial charge on any atom is -0.311 e. The van der Waals surface area contributed by atoms with E-state index in [2.05, 4.69) is 5.32 Å². The van der Waals surface area contributed by atoms with E-state index in [0.717, 1.165) is 12.3 Å². The van der Waals surface area contributed by atoms with Crippen molar-refractivity contribution in [2.45, 2.75) is 31.6 Å². The van der Waals surface area contributed by atoms with Crippen LogP contribution in [0.2, 0.25) is 0 Å². The fraction of sp³-hybridized carbons (Fsp3) is 0.571. The first kappa shape index (κ1) is 12.5. The molecular formula is C14H19F2N. The molecule has 0 heterocycles. The normalized spacial score (nSPS) is 16.1. The van der Waals surface area contributed by atoms with Gasteiger partial charge < -0.3 is 5.32 Å². The highest BCUT2D eigenvalue weighted by molar-refractivity contribution is 5.20. The summed E-state index contributed by atoms with van der Waals surface area (Å²) in [6.45, 7) is 0.431. The van der Waals surface area contributed by atoms with Crippen molar-refractivity contribution in [2.75, 3.05) is 13.1 Å². The van der Waals surface area contributed by atoms with E-state index in [1.807, 2.05) is 0 Å². The van der Waals surface area contributed by atoms with Gasteiger partial charge in [0.05, 0.1) is 6.54 Å². The van der Waals surface area contributed by atoms with Crippen molar-refractivity contribution < 1.29 is 8.78 Å². The van der Waals surface area contributed by atoms with Gasteiger partial charge in [-0.1, -0.05) is 43.2 Å². The number of halogens is 2. The van der Waals surface area contributed by atoms with Crippen LogP contribution in [-0.2, 0) is 5.92 Å². The van der Waals surface area contributed by atoms with E-state index in [-0.39, 0.29) is 12.1 Å². The molecule has 0 spiro atoms. The molecule has 1 N–H and O–H groups in total. The van der Waals surface area contributed by atoms with Crippen LogP contribution in [0.1, 0.15) is 31.2 Å². The van der Waals surface area contributed by atoms with Crippen LogP contribution in [-0.4, -0.2) is 13.1 Å². The van der Waals surface area contributed by atoms with Crippen LogP contribution < -0.4 is 5.32 Å². The number of rotatable bonds is 7. The van der Waals surface area contributed by atoms with Crippen LogP contribution in [0, 0.1) is 5.92 Å². The monoisotopic (exact) mass is 239 g/mol. The molecule has 0 aliphatic heterocycles. The average molecular weight is 239 g/mol. The van der Waals surface area contributed by atoms with Crippen LogP contribution in [0.5, 0.6) is 0 Å². The predicted octanol–water partition coefficient (Wildman–Crippen LogP) is 3.56. The van der Waals surface area contributed by atoms with Gasteiger partial charge in [0, 0.05) is 5.56 Å². The zero-order valence-electron chi connectivity index (χ0n) is 9.96. The Morgan fingerprint density at radius 3 is 2.53 bits per heavy atom. The van der Waals surface area contributed by atoms with E-state index in [4.69, 9.17) is 0 Å². The summed E-state index contributed by atoms with van der Waals surface area (Å²) < 4.78 is 27.4.